The SMILES string of the molecule is O=C(CCCCC1SCC2NC(=O)NC21)NCCOCCOCCC(=O)NCCCCC(NC(=O)OCC1c2ccccc2-c2ccccc21)C(=O)O. The minimum Gasteiger partial charge on any atom is -0.480 e. The number of fused-ring (bicyclic) bond motifs is 4. The van der Waals surface area contributed by atoms with Crippen LogP contribution >= 0.6 is 11.8 Å². The number of unbranched alkanes of at least 4 members (excludes halogenated alkanes) is 2. The van der Waals surface area contributed by atoms with Crippen LogP contribution in [0.4, 0.5) is 9.59 Å². The molecule has 2 aliphatic heterocycles. The third-order valence-electron chi connectivity index (χ3n) is 9.67. The van der Waals surface area contributed by atoms with Gasteiger partial charge < -0.3 is 45.9 Å². The molecular formula is C38H51N5O9S. The molecule has 53 heavy (non-hydrogen) atoms. The van der Waals surface area contributed by atoms with E-state index in [0.29, 0.717) is 57.4 Å². The highest BCUT2D eigenvalue weighted by Crippen LogP contribution is 2.44. The topological polar surface area (TPSA) is 193 Å². The Morgan fingerprint density at radius 3 is 2.23 bits per heavy atom. The summed E-state index contributed by atoms with van der Waals surface area (Å²) in [5, 5.41) is 24.1. The molecular weight excluding hydrogens is 703 g/mol. The number of rotatable bonds is 23. The predicted octanol–water partition coefficient (Wildman–Crippen LogP) is 3.53. The Bertz CT molecular complexity index is 1520. The van der Waals surface area contributed by atoms with E-state index in [2.05, 4.69) is 26.6 Å². The molecule has 2 fully saturated rings. The van der Waals surface area contributed by atoms with Gasteiger partial charge in [-0.25, -0.2) is 14.4 Å². The number of carbonyl (C=O) groups is 5. The number of hydrogen-bond donors (Lipinski definition) is 6. The van der Waals surface area contributed by atoms with E-state index in [9.17, 15) is 29.1 Å². The average molecular weight is 754 g/mol. The summed E-state index contributed by atoms with van der Waals surface area (Å²) in [5.41, 5.74) is 4.36. The first kappa shape index (κ1) is 39.9. The molecule has 2 heterocycles. The van der Waals surface area contributed by atoms with Gasteiger partial charge in [0.2, 0.25) is 11.8 Å². The molecule has 0 radical (unpaired) electrons. The van der Waals surface area contributed by atoms with Crippen LogP contribution in [0.25, 0.3) is 11.1 Å². The van der Waals surface area contributed by atoms with Gasteiger partial charge in [0.25, 0.3) is 0 Å². The van der Waals surface area contributed by atoms with Crippen molar-refractivity contribution in [1.82, 2.24) is 26.6 Å². The second kappa shape index (κ2) is 20.8. The van der Waals surface area contributed by atoms with Gasteiger partial charge in [-0.3, -0.25) is 9.59 Å². The van der Waals surface area contributed by atoms with Gasteiger partial charge in [-0.2, -0.15) is 11.8 Å². The van der Waals surface area contributed by atoms with Crippen molar-refractivity contribution in [2.75, 3.05) is 51.9 Å². The van der Waals surface area contributed by atoms with Crippen LogP contribution in [0.1, 0.15) is 68.4 Å². The lowest BCUT2D eigenvalue weighted by molar-refractivity contribution is -0.139. The first-order valence-electron chi connectivity index (χ1n) is 18.5. The molecule has 5 amide bonds. The van der Waals surface area contributed by atoms with Crippen LogP contribution in [0, 0.1) is 0 Å². The van der Waals surface area contributed by atoms with Crippen LogP contribution in [0.15, 0.2) is 48.5 Å². The number of carboxylic acid groups (broad SMARTS) is 1. The van der Waals surface area contributed by atoms with Crippen LogP contribution in [-0.4, -0.2) is 110 Å². The van der Waals surface area contributed by atoms with Crippen LogP contribution in [-0.2, 0) is 28.6 Å². The van der Waals surface area contributed by atoms with Crippen molar-refractivity contribution in [3.63, 3.8) is 0 Å². The molecule has 3 aliphatic rings. The van der Waals surface area contributed by atoms with Crippen molar-refractivity contribution in [3.05, 3.63) is 59.7 Å². The fourth-order valence-electron chi connectivity index (χ4n) is 6.94. The second-order valence-electron chi connectivity index (χ2n) is 13.4. The lowest BCUT2D eigenvalue weighted by Crippen LogP contribution is -2.41. The van der Waals surface area contributed by atoms with Crippen molar-refractivity contribution in [1.29, 1.82) is 0 Å². The van der Waals surface area contributed by atoms with Gasteiger partial charge in [-0.05, 0) is 54.4 Å². The van der Waals surface area contributed by atoms with E-state index >= 15 is 0 Å². The molecule has 14 nitrogen and oxygen atoms in total. The monoisotopic (exact) mass is 753 g/mol. The molecule has 0 aromatic heterocycles. The molecule has 2 aromatic rings. The maximum Gasteiger partial charge on any atom is 0.407 e. The summed E-state index contributed by atoms with van der Waals surface area (Å²) < 4.78 is 16.4. The number of alkyl carbamates (subject to hydrolysis) is 1. The number of nitrogens with one attached hydrogen (secondary N) is 5. The number of carbonyl (C=O) groups excluding carboxylic acids is 4. The Morgan fingerprint density at radius 2 is 1.49 bits per heavy atom. The van der Waals surface area contributed by atoms with Crippen LogP contribution in [0.2, 0.25) is 0 Å². The van der Waals surface area contributed by atoms with Crippen molar-refractivity contribution in [2.24, 2.45) is 0 Å². The third kappa shape index (κ3) is 12.1. The third-order valence-corrected chi connectivity index (χ3v) is 11.2. The zero-order chi connectivity index (χ0) is 37.4. The number of carboxylic acids is 1. The molecule has 0 spiro atoms. The van der Waals surface area contributed by atoms with Crippen molar-refractivity contribution in [2.45, 2.75) is 80.7 Å². The second-order valence-corrected chi connectivity index (χ2v) is 14.7. The quantitative estimate of drug-likeness (QED) is 0.0723. The molecule has 15 heteroatoms. The summed E-state index contributed by atoms with van der Waals surface area (Å²) in [5.74, 6) is -0.507. The number of hydrogen-bond acceptors (Lipinski definition) is 9. The van der Waals surface area contributed by atoms with Crippen molar-refractivity contribution >= 4 is 41.7 Å². The Labute approximate surface area is 314 Å². The number of benzene rings is 2. The highest BCUT2D eigenvalue weighted by Gasteiger charge is 2.42. The molecule has 6 N–H and O–H groups in total. The molecule has 0 bridgehead atoms. The number of urea groups is 1. The van der Waals surface area contributed by atoms with Gasteiger partial charge in [0.15, 0.2) is 0 Å². The molecule has 2 saturated heterocycles. The summed E-state index contributed by atoms with van der Waals surface area (Å²) >= 11 is 1.88. The standard InChI is InChI=1S/C38H51N5O9S/c44-33(15-6-5-14-32-35-31(24-53-32)41-37(48)43-35)40-18-20-51-22-21-50-19-16-34(45)39-17-8-7-13-30(36(46)47)42-38(49)52-23-29-27-11-3-1-9-25(27)26-10-2-4-12-28(26)29/h1-4,9-12,29-32,35H,5-8,13-24H2,(H,39,45)(H,40,44)(H,42,49)(H,46,47)(H2,41,43,48). The van der Waals surface area contributed by atoms with E-state index in [0.717, 1.165) is 47.3 Å². The van der Waals surface area contributed by atoms with Gasteiger partial charge in [-0.15, -0.1) is 0 Å². The van der Waals surface area contributed by atoms with Crippen LogP contribution in [0.3, 0.4) is 0 Å². The molecule has 5 rings (SSSR count). The number of amides is 5. The smallest absolute Gasteiger partial charge is 0.407 e. The lowest BCUT2D eigenvalue weighted by atomic mass is 9.98. The number of thioether (sulfide) groups is 1. The number of aliphatic carboxylic acids is 1. The maximum absolute atomic E-state index is 12.6. The molecule has 4 unspecified atom stereocenters. The lowest BCUT2D eigenvalue weighted by Gasteiger charge is -2.17. The van der Waals surface area contributed by atoms with E-state index in [1.54, 1.807) is 0 Å². The van der Waals surface area contributed by atoms with Gasteiger partial charge >= 0.3 is 18.1 Å². The number of ether oxygens (including phenoxy) is 3. The van der Waals surface area contributed by atoms with E-state index in [4.69, 9.17) is 14.2 Å². The van der Waals surface area contributed by atoms with E-state index in [1.165, 1.54) is 0 Å². The first-order chi connectivity index (χ1) is 25.8. The van der Waals surface area contributed by atoms with Crippen molar-refractivity contribution < 1.29 is 43.3 Å². The molecule has 0 saturated carbocycles. The van der Waals surface area contributed by atoms with E-state index in [1.807, 2.05) is 60.3 Å². The minimum atomic E-state index is -1.15. The maximum atomic E-state index is 12.6. The molecule has 4 atom stereocenters. The Kier molecular flexibility index (Phi) is 15.6. The summed E-state index contributed by atoms with van der Waals surface area (Å²) in [6.07, 6.45) is 3.82. The zero-order valence-electron chi connectivity index (χ0n) is 29.9. The van der Waals surface area contributed by atoms with Crippen LogP contribution < -0.4 is 26.6 Å². The van der Waals surface area contributed by atoms with Gasteiger partial charge in [0.05, 0.1) is 38.5 Å². The molecule has 1 aliphatic carbocycles. The normalized spacial score (nSPS) is 18.9. The highest BCUT2D eigenvalue weighted by atomic mass is 32.2. The highest BCUT2D eigenvalue weighted by molar-refractivity contribution is 8.00. The summed E-state index contributed by atoms with van der Waals surface area (Å²) in [6.45, 7) is 2.17. The van der Waals surface area contributed by atoms with Gasteiger partial charge in [-0.1, -0.05) is 55.0 Å². The summed E-state index contributed by atoms with van der Waals surface area (Å²) in [4.78, 5) is 60.0. The summed E-state index contributed by atoms with van der Waals surface area (Å²) in [6, 6.07) is 15.2. The van der Waals surface area contributed by atoms with Crippen molar-refractivity contribution in [3.8, 4) is 11.1 Å². The Hall–Kier alpha value is -4.34. The first-order valence-corrected chi connectivity index (χ1v) is 19.6. The molecule has 2 aromatic carbocycles. The van der Waals surface area contributed by atoms with E-state index in [-0.39, 0.29) is 61.9 Å². The Morgan fingerprint density at radius 1 is 0.811 bits per heavy atom. The van der Waals surface area contributed by atoms with Crippen LogP contribution in [0.5, 0.6) is 0 Å². The predicted molar refractivity (Wildman–Crippen MR) is 200 cm³/mol. The molecule has 288 valence electrons. The van der Waals surface area contributed by atoms with Gasteiger partial charge in [0, 0.05) is 42.9 Å². The zero-order valence-corrected chi connectivity index (χ0v) is 30.8. The largest absolute Gasteiger partial charge is 0.480 e. The minimum absolute atomic E-state index is 0.00411. The Balaban J connectivity index is 0.817. The fraction of sp³-hybridized carbons (Fsp3) is 0.553. The average Bonchev–Trinajstić information content (AvgIpc) is 3.81. The van der Waals surface area contributed by atoms with Gasteiger partial charge in [0.1, 0.15) is 12.6 Å². The van der Waals surface area contributed by atoms with E-state index < -0.39 is 18.1 Å². The fourth-order valence-corrected chi connectivity index (χ4v) is 8.48. The summed E-state index contributed by atoms with van der Waals surface area (Å²) in [7, 11) is 0.